The number of rotatable bonds is 10. The molecule has 0 saturated heterocycles. The Labute approximate surface area is 188 Å². The summed E-state index contributed by atoms with van der Waals surface area (Å²) in [5, 5.41) is 20.5. The van der Waals surface area contributed by atoms with Crippen LogP contribution < -0.4 is 0 Å². The van der Waals surface area contributed by atoms with Crippen molar-refractivity contribution in [3.63, 3.8) is 0 Å². The number of carbonyl (C=O) groups is 1. The van der Waals surface area contributed by atoms with Crippen LogP contribution in [0.3, 0.4) is 0 Å². The van der Waals surface area contributed by atoms with Crippen LogP contribution in [0.25, 0.3) is 5.57 Å². The number of Topliss-reactive ketones (excluding diaryl/α,β-unsaturated/α-hetero) is 1. The van der Waals surface area contributed by atoms with Gasteiger partial charge in [0.2, 0.25) is 0 Å². The fourth-order valence-electron chi connectivity index (χ4n) is 3.31. The molecule has 0 spiro atoms. The second-order valence-electron chi connectivity index (χ2n) is 6.92. The van der Waals surface area contributed by atoms with Crippen molar-refractivity contribution in [1.82, 2.24) is 4.98 Å². The molecule has 0 amide bonds. The number of hydrogen-bond donors (Lipinski definition) is 2. The van der Waals surface area contributed by atoms with Crippen molar-refractivity contribution in [3.8, 4) is 0 Å². The summed E-state index contributed by atoms with van der Waals surface area (Å²) in [5.74, 6) is -0.429. The summed E-state index contributed by atoms with van der Waals surface area (Å²) in [5.41, 5.74) is 2.02. The predicted octanol–water partition coefficient (Wildman–Crippen LogP) is 5.11. The molecule has 1 heterocycles. The molecule has 1 aromatic heterocycles. The molecule has 1 aliphatic carbocycles. The average molecular weight is 445 g/mol. The van der Waals surface area contributed by atoms with Crippen LogP contribution in [0, 0.1) is 12.8 Å². The average Bonchev–Trinajstić information content (AvgIpc) is 2.93. The Hall–Kier alpha value is -0.836. The van der Waals surface area contributed by atoms with Crippen LogP contribution >= 0.6 is 0 Å². The van der Waals surface area contributed by atoms with Gasteiger partial charge in [-0.25, -0.2) is 0 Å². The molecule has 1 aliphatic rings. The molecule has 4 nitrogen and oxygen atoms in total. The fraction of sp³-hybridized carbons (Fsp3) is 0.500. The molecule has 0 fully saturated rings. The molecule has 0 bridgehead atoms. The quantitative estimate of drug-likeness (QED) is 0.298. The fourth-order valence-corrected chi connectivity index (χ4v) is 3.31. The Morgan fingerprint density at radius 1 is 1.33 bits per heavy atom. The molecule has 27 heavy (non-hydrogen) atoms. The van der Waals surface area contributed by atoms with Gasteiger partial charge in [-0.1, -0.05) is 50.8 Å². The molecule has 1 radical (unpaired) electrons. The van der Waals surface area contributed by atoms with E-state index in [4.69, 9.17) is 0 Å². The van der Waals surface area contributed by atoms with Gasteiger partial charge in [-0.05, 0) is 24.5 Å². The maximum atomic E-state index is 12.0. The van der Waals surface area contributed by atoms with E-state index in [1.807, 2.05) is 12.1 Å². The summed E-state index contributed by atoms with van der Waals surface area (Å²) >= 11 is 0. The molecule has 0 aromatic carbocycles. The third-order valence-electron chi connectivity index (χ3n) is 4.85. The standard InChI is InChI=1S/C22H30NO3.Y/c1-3-5-7-9-10-16-14-20(25)22(26)21(16)18-13-12-17(15-23-18)19(24)11-8-6-4-2;/h7,9,12-13,15-16,19,24,26H,1,3-6,8,10-11,14H2,2H3;/q-1;/b9-7-;/t16-,19?;/m0./s1. The summed E-state index contributed by atoms with van der Waals surface area (Å²) in [7, 11) is 0. The van der Waals surface area contributed by atoms with Gasteiger partial charge in [-0.2, -0.15) is 6.42 Å². The van der Waals surface area contributed by atoms with E-state index in [1.165, 1.54) is 0 Å². The third-order valence-corrected chi connectivity index (χ3v) is 4.85. The van der Waals surface area contributed by atoms with Crippen molar-refractivity contribution in [2.45, 2.75) is 64.4 Å². The molecule has 2 atom stereocenters. The van der Waals surface area contributed by atoms with Crippen molar-refractivity contribution in [3.05, 3.63) is 54.4 Å². The first-order valence-corrected chi connectivity index (χ1v) is 9.63. The molecule has 1 aromatic rings. The van der Waals surface area contributed by atoms with E-state index in [9.17, 15) is 15.0 Å². The number of carbonyl (C=O) groups excluding carboxylic acids is 1. The zero-order valence-electron chi connectivity index (χ0n) is 16.2. The molecule has 5 heteroatoms. The summed E-state index contributed by atoms with van der Waals surface area (Å²) < 4.78 is 0. The van der Waals surface area contributed by atoms with Crippen molar-refractivity contribution >= 4 is 11.4 Å². The maximum Gasteiger partial charge on any atom is 0.198 e. The predicted molar refractivity (Wildman–Crippen MR) is 104 cm³/mol. The molecule has 0 aliphatic heterocycles. The van der Waals surface area contributed by atoms with Gasteiger partial charge in [0.1, 0.15) is 0 Å². The number of ketones is 1. The minimum atomic E-state index is -0.516. The van der Waals surface area contributed by atoms with E-state index < -0.39 is 6.10 Å². The number of aromatic nitrogens is 1. The van der Waals surface area contributed by atoms with Gasteiger partial charge in [0.25, 0.3) is 0 Å². The summed E-state index contributed by atoms with van der Waals surface area (Å²) in [6.45, 7) is 5.94. The van der Waals surface area contributed by atoms with Gasteiger partial charge in [-0.15, -0.1) is 0 Å². The van der Waals surface area contributed by atoms with Gasteiger partial charge in [-0.3, -0.25) is 9.78 Å². The van der Waals surface area contributed by atoms with Gasteiger partial charge in [0, 0.05) is 56.8 Å². The largest absolute Gasteiger partial charge is 0.504 e. The van der Waals surface area contributed by atoms with E-state index in [-0.39, 0.29) is 50.2 Å². The van der Waals surface area contributed by atoms with Crippen LogP contribution in [0.4, 0.5) is 0 Å². The minimum absolute atomic E-state index is 0. The first-order valence-electron chi connectivity index (χ1n) is 9.63. The molecule has 0 saturated carbocycles. The number of unbranched alkanes of at least 4 members (excludes halogenated alkanes) is 3. The van der Waals surface area contributed by atoms with Crippen molar-refractivity contribution < 1.29 is 47.7 Å². The van der Waals surface area contributed by atoms with Crippen LogP contribution in [0.15, 0.2) is 36.2 Å². The third kappa shape index (κ3) is 6.92. The Bertz CT molecular complexity index is 652. The van der Waals surface area contributed by atoms with Crippen LogP contribution in [0.1, 0.15) is 75.7 Å². The summed E-state index contributed by atoms with van der Waals surface area (Å²) in [4.78, 5) is 16.4. The minimum Gasteiger partial charge on any atom is -0.504 e. The number of hydrogen-bond acceptors (Lipinski definition) is 4. The van der Waals surface area contributed by atoms with Crippen molar-refractivity contribution in [1.29, 1.82) is 0 Å². The van der Waals surface area contributed by atoms with Gasteiger partial charge in [0.05, 0.1) is 11.8 Å². The van der Waals surface area contributed by atoms with E-state index in [2.05, 4.69) is 24.9 Å². The summed E-state index contributed by atoms with van der Waals surface area (Å²) in [6, 6.07) is 3.65. The van der Waals surface area contributed by atoms with Crippen LogP contribution in [0.2, 0.25) is 0 Å². The number of allylic oxidation sites excluding steroid dienone is 4. The van der Waals surface area contributed by atoms with Crippen molar-refractivity contribution in [2.24, 2.45) is 5.92 Å². The molecular weight excluding hydrogens is 415 g/mol. The zero-order chi connectivity index (χ0) is 18.9. The Balaban J connectivity index is 0.00000364. The second-order valence-corrected chi connectivity index (χ2v) is 6.92. The number of pyridine rings is 1. The molecule has 145 valence electrons. The van der Waals surface area contributed by atoms with E-state index >= 15 is 0 Å². The Morgan fingerprint density at radius 3 is 2.74 bits per heavy atom. The van der Waals surface area contributed by atoms with Gasteiger partial charge >= 0.3 is 0 Å². The Kier molecular flexibility index (Phi) is 11.3. The first kappa shape index (κ1) is 24.2. The Morgan fingerprint density at radius 2 is 2.11 bits per heavy atom. The SMILES string of the molecule is [CH2-]CC/C=C\C[C@H]1CC(=O)C(O)=C1c1ccc(C(O)CCCCC)cn1.[Y]. The molecule has 2 rings (SSSR count). The topological polar surface area (TPSA) is 70.4 Å². The van der Waals surface area contributed by atoms with Crippen LogP contribution in [-0.4, -0.2) is 21.0 Å². The normalized spacial score (nSPS) is 18.2. The van der Waals surface area contributed by atoms with Gasteiger partial charge < -0.3 is 17.1 Å². The molecule has 1 unspecified atom stereocenters. The first-order chi connectivity index (χ1) is 12.6. The second kappa shape index (κ2) is 12.6. The van der Waals surface area contributed by atoms with Crippen molar-refractivity contribution in [2.75, 3.05) is 0 Å². The molecular formula is C22H30NO3Y-. The smallest absolute Gasteiger partial charge is 0.198 e. The maximum absolute atomic E-state index is 12.0. The number of aliphatic hydroxyl groups is 2. The summed E-state index contributed by atoms with van der Waals surface area (Å²) in [6.07, 6.45) is 12.0. The monoisotopic (exact) mass is 445 g/mol. The zero-order valence-corrected chi connectivity index (χ0v) is 19.1. The van der Waals surface area contributed by atoms with Crippen LogP contribution in [-0.2, 0) is 37.5 Å². The van der Waals surface area contributed by atoms with E-state index in [0.717, 1.165) is 44.1 Å². The van der Waals surface area contributed by atoms with Crippen LogP contribution in [0.5, 0.6) is 0 Å². The molecule has 2 N–H and O–H groups in total. The van der Waals surface area contributed by atoms with E-state index in [0.29, 0.717) is 24.1 Å². The van der Waals surface area contributed by atoms with Gasteiger partial charge in [0.15, 0.2) is 11.5 Å². The number of aliphatic hydroxyl groups excluding tert-OH is 2. The van der Waals surface area contributed by atoms with E-state index in [1.54, 1.807) is 12.3 Å². The number of nitrogens with zero attached hydrogens (tertiary/aromatic N) is 1.